The van der Waals surface area contributed by atoms with E-state index in [1.807, 2.05) is 18.2 Å². The third kappa shape index (κ3) is 6.83. The maximum atomic E-state index is 12.0. The number of rotatable bonds is 6. The van der Waals surface area contributed by atoms with Crippen molar-refractivity contribution in [1.29, 1.82) is 0 Å². The van der Waals surface area contributed by atoms with Crippen LogP contribution in [0.3, 0.4) is 0 Å². The topological polar surface area (TPSA) is 94.6 Å². The number of nitrogens with zero attached hydrogens (tertiary/aromatic N) is 2. The van der Waals surface area contributed by atoms with Crippen molar-refractivity contribution in [1.82, 2.24) is 0 Å². The van der Waals surface area contributed by atoms with E-state index in [1.54, 1.807) is 50.8 Å². The van der Waals surface area contributed by atoms with Gasteiger partial charge in [-0.25, -0.2) is 9.59 Å². The number of halogens is 2. The third-order valence-corrected chi connectivity index (χ3v) is 6.93. The van der Waals surface area contributed by atoms with Gasteiger partial charge < -0.3 is 23.8 Å². The molecule has 0 fully saturated rings. The summed E-state index contributed by atoms with van der Waals surface area (Å²) in [5, 5.41) is 0. The number of benzene rings is 2. The number of esters is 2. The van der Waals surface area contributed by atoms with E-state index in [4.69, 9.17) is 31.2 Å². The lowest BCUT2D eigenvalue weighted by Crippen LogP contribution is -2.48. The molecule has 4 rings (SSSR count). The average molecular weight is 672 g/mol. The molecule has 0 bridgehead atoms. The van der Waals surface area contributed by atoms with Crippen molar-refractivity contribution in [3.8, 4) is 11.5 Å². The molecule has 12 heteroatoms. The van der Waals surface area contributed by atoms with Crippen molar-refractivity contribution in [3.63, 3.8) is 0 Å². The predicted octanol–water partition coefficient (Wildman–Crippen LogP) is 5.05. The summed E-state index contributed by atoms with van der Waals surface area (Å²) in [6.07, 6.45) is 0. The lowest BCUT2D eigenvalue weighted by atomic mass is 10.2. The number of anilines is 2. The summed E-state index contributed by atoms with van der Waals surface area (Å²) in [4.78, 5) is 39.5. The summed E-state index contributed by atoms with van der Waals surface area (Å²) in [6, 6.07) is 9.81. The molecule has 0 aliphatic carbocycles. The summed E-state index contributed by atoms with van der Waals surface area (Å²) >= 11 is 12.0. The summed E-state index contributed by atoms with van der Waals surface area (Å²) in [6.45, 7) is 7.80. The molecule has 2 aromatic carbocycles. The van der Waals surface area contributed by atoms with Crippen molar-refractivity contribution in [2.24, 2.45) is 0 Å². The Morgan fingerprint density at radius 3 is 1.82 bits per heavy atom. The van der Waals surface area contributed by atoms with Crippen LogP contribution in [0.2, 0.25) is 0 Å². The lowest BCUT2D eigenvalue weighted by Gasteiger charge is -2.35. The number of carbonyl (C=O) groups excluding carboxylic acids is 3. The van der Waals surface area contributed by atoms with Crippen molar-refractivity contribution in [2.45, 2.75) is 39.8 Å². The predicted molar refractivity (Wildman–Crippen MR) is 154 cm³/mol. The fourth-order valence-electron chi connectivity index (χ4n) is 3.88. The van der Waals surface area contributed by atoms with Gasteiger partial charge in [-0.2, -0.15) is 0 Å². The Balaban J connectivity index is 0.000000211. The first-order valence-electron chi connectivity index (χ1n) is 11.9. The highest BCUT2D eigenvalue weighted by Crippen LogP contribution is 2.37. The first-order valence-corrected chi connectivity index (χ1v) is 13.9. The zero-order valence-electron chi connectivity index (χ0n) is 21.4. The molecule has 0 spiro atoms. The van der Waals surface area contributed by atoms with Crippen LogP contribution in [0.5, 0.6) is 11.5 Å². The average Bonchev–Trinajstić information content (AvgIpc) is 2.88. The molecule has 0 radical (unpaired) electrons. The van der Waals surface area contributed by atoms with Crippen molar-refractivity contribution in [2.75, 3.05) is 36.2 Å². The van der Waals surface area contributed by atoms with Crippen LogP contribution < -0.4 is 19.3 Å². The lowest BCUT2D eigenvalue weighted by molar-refractivity contribution is -0.146. The molecule has 9 nitrogen and oxygen atoms in total. The molecule has 0 N–H and O–H groups in total. The standard InChI is InChI=1S/C13H14BrNO4.C13H14BrNO3S/c1-3-18-13(17)8(2)15-10-5-4-9(14)6-11(10)19-7-12(15)16;1-3-17-13(16)8(2)15-10-5-4-9(14)6-11(10)18-7-12(15)19/h2*4-6,8H,3,7H2,1-2H3/t2*8-/m11/s1. The molecular formula is C26H28Br2N2O7S. The minimum Gasteiger partial charge on any atom is -0.484 e. The van der Waals surface area contributed by atoms with Gasteiger partial charge in [0.1, 0.15) is 35.2 Å². The minimum absolute atomic E-state index is 0.0762. The highest BCUT2D eigenvalue weighted by atomic mass is 79.9. The van der Waals surface area contributed by atoms with Gasteiger partial charge in [-0.05, 0) is 64.1 Å². The summed E-state index contributed by atoms with van der Waals surface area (Å²) in [5.74, 6) is 0.312. The molecular weight excluding hydrogens is 644 g/mol. The van der Waals surface area contributed by atoms with Crippen LogP contribution >= 0.6 is 44.1 Å². The maximum Gasteiger partial charge on any atom is 0.328 e. The zero-order valence-corrected chi connectivity index (χ0v) is 25.4. The molecule has 2 aromatic rings. The number of carbonyl (C=O) groups is 3. The largest absolute Gasteiger partial charge is 0.484 e. The van der Waals surface area contributed by atoms with E-state index in [-0.39, 0.29) is 25.1 Å². The van der Waals surface area contributed by atoms with Gasteiger partial charge in [-0.1, -0.05) is 44.1 Å². The summed E-state index contributed by atoms with van der Waals surface area (Å²) in [5.41, 5.74) is 1.38. The van der Waals surface area contributed by atoms with Gasteiger partial charge in [-0.3, -0.25) is 9.69 Å². The van der Waals surface area contributed by atoms with Crippen molar-refractivity contribution < 1.29 is 33.3 Å². The van der Waals surface area contributed by atoms with Gasteiger partial charge in [0.25, 0.3) is 5.91 Å². The Morgan fingerprint density at radius 1 is 0.868 bits per heavy atom. The highest BCUT2D eigenvalue weighted by Gasteiger charge is 2.34. The molecule has 2 aliphatic rings. The number of ether oxygens (including phenoxy) is 4. The molecule has 0 saturated carbocycles. The Morgan fingerprint density at radius 2 is 1.32 bits per heavy atom. The Labute approximate surface area is 243 Å². The normalized spacial score (nSPS) is 15.5. The molecule has 1 amide bonds. The van der Waals surface area contributed by atoms with E-state index >= 15 is 0 Å². The minimum atomic E-state index is -0.670. The van der Waals surface area contributed by atoms with Gasteiger partial charge >= 0.3 is 11.9 Å². The number of amides is 1. The monoisotopic (exact) mass is 670 g/mol. The number of hydrogen-bond acceptors (Lipinski definition) is 8. The summed E-state index contributed by atoms with van der Waals surface area (Å²) in [7, 11) is 0. The van der Waals surface area contributed by atoms with Crippen LogP contribution in [0.25, 0.3) is 0 Å². The van der Waals surface area contributed by atoms with E-state index in [9.17, 15) is 14.4 Å². The molecule has 38 heavy (non-hydrogen) atoms. The van der Waals surface area contributed by atoms with Crippen LogP contribution in [-0.2, 0) is 23.9 Å². The SMILES string of the molecule is CCOC(=O)[C@@H](C)N1C(=O)COc2cc(Br)ccc21.CCOC(=O)[C@@H](C)N1C(=S)COc2cc(Br)ccc21. The number of fused-ring (bicyclic) bond motifs is 2. The first-order chi connectivity index (χ1) is 18.1. The van der Waals surface area contributed by atoms with Gasteiger partial charge in [0.05, 0.1) is 24.6 Å². The smallest absolute Gasteiger partial charge is 0.328 e. The van der Waals surface area contributed by atoms with Crippen molar-refractivity contribution in [3.05, 3.63) is 45.3 Å². The van der Waals surface area contributed by atoms with Crippen LogP contribution in [-0.4, -0.2) is 61.3 Å². The van der Waals surface area contributed by atoms with Crippen LogP contribution in [0, 0.1) is 0 Å². The number of hydrogen-bond donors (Lipinski definition) is 0. The fraction of sp³-hybridized carbons (Fsp3) is 0.385. The molecule has 2 heterocycles. The molecule has 2 atom stereocenters. The van der Waals surface area contributed by atoms with Crippen LogP contribution in [0.15, 0.2) is 45.3 Å². The molecule has 0 saturated heterocycles. The maximum absolute atomic E-state index is 12.0. The Hall–Kier alpha value is -2.70. The fourth-order valence-corrected chi connectivity index (χ4v) is 4.87. The van der Waals surface area contributed by atoms with E-state index in [2.05, 4.69) is 31.9 Å². The molecule has 0 unspecified atom stereocenters. The van der Waals surface area contributed by atoms with Gasteiger partial charge in [0.15, 0.2) is 6.61 Å². The van der Waals surface area contributed by atoms with Crippen LogP contribution in [0.4, 0.5) is 11.4 Å². The second-order valence-electron chi connectivity index (χ2n) is 8.18. The molecule has 0 aromatic heterocycles. The number of thiocarbonyl (C=S) groups is 1. The Kier molecular flexibility index (Phi) is 10.5. The van der Waals surface area contributed by atoms with E-state index < -0.39 is 18.1 Å². The molecule has 204 valence electrons. The van der Waals surface area contributed by atoms with Gasteiger partial charge in [0, 0.05) is 8.95 Å². The van der Waals surface area contributed by atoms with E-state index in [0.29, 0.717) is 35.4 Å². The highest BCUT2D eigenvalue weighted by molar-refractivity contribution is 9.10. The summed E-state index contributed by atoms with van der Waals surface area (Å²) < 4.78 is 22.7. The Bertz CT molecular complexity index is 1130. The van der Waals surface area contributed by atoms with Crippen molar-refractivity contribution >= 4 is 78.3 Å². The van der Waals surface area contributed by atoms with Gasteiger partial charge in [0.2, 0.25) is 0 Å². The quantitative estimate of drug-likeness (QED) is 0.309. The third-order valence-electron chi connectivity index (χ3n) is 5.63. The zero-order chi connectivity index (χ0) is 28.0. The van der Waals surface area contributed by atoms with E-state index in [1.165, 1.54) is 4.90 Å². The van der Waals surface area contributed by atoms with Gasteiger partial charge in [-0.15, -0.1) is 0 Å². The molecule has 2 aliphatic heterocycles. The second kappa shape index (κ2) is 13.4. The van der Waals surface area contributed by atoms with E-state index in [0.717, 1.165) is 14.6 Å². The first kappa shape index (κ1) is 29.9. The second-order valence-corrected chi connectivity index (χ2v) is 10.5. The van der Waals surface area contributed by atoms with Crippen LogP contribution in [0.1, 0.15) is 27.7 Å².